The number of benzene rings is 1. The van der Waals surface area contributed by atoms with E-state index < -0.39 is 0 Å². The summed E-state index contributed by atoms with van der Waals surface area (Å²) < 4.78 is 0. The van der Waals surface area contributed by atoms with Crippen LogP contribution in [0.5, 0.6) is 0 Å². The number of hydrogen-bond donors (Lipinski definition) is 0. The van der Waals surface area contributed by atoms with E-state index in [0.29, 0.717) is 0 Å². The molecule has 0 radical (unpaired) electrons. The zero-order valence-corrected chi connectivity index (χ0v) is 7.86. The van der Waals surface area contributed by atoms with Crippen LogP contribution in [0.25, 0.3) is 0 Å². The van der Waals surface area contributed by atoms with Gasteiger partial charge in [-0.25, -0.2) is 0 Å². The van der Waals surface area contributed by atoms with Crippen LogP contribution < -0.4 is 5.46 Å². The van der Waals surface area contributed by atoms with Crippen molar-refractivity contribution in [1.82, 2.24) is 0 Å². The highest BCUT2D eigenvalue weighted by molar-refractivity contribution is 6.53. The predicted molar refractivity (Wildman–Crippen MR) is 53.3 cm³/mol. The van der Waals surface area contributed by atoms with Crippen molar-refractivity contribution in [2.24, 2.45) is 0 Å². The Morgan fingerprint density at radius 1 is 1.00 bits per heavy atom. The van der Waals surface area contributed by atoms with Crippen molar-refractivity contribution in [1.29, 1.82) is 0 Å². The zero-order valence-electron chi connectivity index (χ0n) is 7.86. The summed E-state index contributed by atoms with van der Waals surface area (Å²) in [5.41, 5.74) is 5.75. The molecule has 58 valence electrons. The van der Waals surface area contributed by atoms with Crippen LogP contribution in [0.1, 0.15) is 16.7 Å². The molecule has 0 nitrogen and oxygen atoms in total. The van der Waals surface area contributed by atoms with Crippen molar-refractivity contribution >= 4 is 12.7 Å². The molecule has 0 saturated heterocycles. The largest absolute Gasteiger partial charge is 0.155 e. The van der Waals surface area contributed by atoms with Crippen molar-refractivity contribution in [2.75, 3.05) is 0 Å². The fourth-order valence-electron chi connectivity index (χ4n) is 1.77. The summed E-state index contributed by atoms with van der Waals surface area (Å²) in [6, 6.07) is 4.51. The first-order chi connectivity index (χ1) is 5.15. The van der Waals surface area contributed by atoms with Crippen LogP contribution in [0, 0.1) is 20.8 Å². The van der Waals surface area contributed by atoms with E-state index in [9.17, 15) is 0 Å². The average Bonchev–Trinajstić information content (AvgIpc) is 1.85. The molecule has 0 fully saturated rings. The van der Waals surface area contributed by atoms with Gasteiger partial charge < -0.3 is 0 Å². The van der Waals surface area contributed by atoms with Crippen LogP contribution in [0.3, 0.4) is 0 Å². The van der Waals surface area contributed by atoms with E-state index in [1.54, 1.807) is 0 Å². The number of aryl methyl sites for hydroxylation is 3. The molecule has 0 atom stereocenters. The fraction of sp³-hybridized carbons (Fsp3) is 0.400. The second-order valence-electron chi connectivity index (χ2n) is 3.23. The van der Waals surface area contributed by atoms with Crippen LogP contribution in [0.4, 0.5) is 0 Å². The highest BCUT2D eigenvalue weighted by Crippen LogP contribution is 2.04. The summed E-state index contributed by atoms with van der Waals surface area (Å²) in [5.74, 6) is 0. The molecule has 0 aliphatic heterocycles. The third-order valence-electron chi connectivity index (χ3n) is 2.19. The maximum atomic E-state index is 2.26. The minimum atomic E-state index is 1.15. The molecule has 1 aromatic carbocycles. The van der Waals surface area contributed by atoms with Gasteiger partial charge in [-0.05, 0) is 20.8 Å². The van der Waals surface area contributed by atoms with Gasteiger partial charge in [0.2, 0.25) is 0 Å². The first-order valence-corrected chi connectivity index (χ1v) is 4.22. The lowest BCUT2D eigenvalue weighted by Crippen LogP contribution is -2.18. The van der Waals surface area contributed by atoms with E-state index in [2.05, 4.69) is 39.7 Å². The van der Waals surface area contributed by atoms with Gasteiger partial charge in [0.25, 0.3) is 0 Å². The number of rotatable bonds is 1. The predicted octanol–water partition coefficient (Wildman–Crippen LogP) is 1.72. The minimum absolute atomic E-state index is 1.15. The quantitative estimate of drug-likeness (QED) is 0.529. The van der Waals surface area contributed by atoms with E-state index in [-0.39, 0.29) is 0 Å². The third-order valence-corrected chi connectivity index (χ3v) is 2.19. The number of hydrogen-bond acceptors (Lipinski definition) is 0. The maximum Gasteiger partial charge on any atom is 0.155 e. The highest BCUT2D eigenvalue weighted by atomic mass is 14.0. The van der Waals surface area contributed by atoms with Crippen molar-refractivity contribution in [3.8, 4) is 0 Å². The third kappa shape index (κ3) is 1.65. The topological polar surface area (TPSA) is 0 Å². The van der Waals surface area contributed by atoms with E-state index >= 15 is 0 Å². The maximum absolute atomic E-state index is 2.26. The van der Waals surface area contributed by atoms with Gasteiger partial charge in [-0.3, -0.25) is 0 Å². The van der Waals surface area contributed by atoms with Crippen LogP contribution in [0.2, 0.25) is 6.82 Å². The molecule has 0 unspecified atom stereocenters. The monoisotopic (exact) mass is 146 g/mol. The molecule has 0 amide bonds. The van der Waals surface area contributed by atoms with Crippen LogP contribution in [-0.2, 0) is 0 Å². The Morgan fingerprint density at radius 3 is 1.82 bits per heavy atom. The Labute approximate surface area is 69.9 Å². The second kappa shape index (κ2) is 3.12. The molecular formula is C10H15B. The van der Waals surface area contributed by atoms with Crippen molar-refractivity contribution in [3.05, 3.63) is 28.8 Å². The van der Waals surface area contributed by atoms with Gasteiger partial charge in [0, 0.05) is 0 Å². The Hall–Kier alpha value is -0.715. The summed E-state index contributed by atoms with van der Waals surface area (Å²) in [4.78, 5) is 0. The lowest BCUT2D eigenvalue weighted by atomic mass is 9.68. The zero-order chi connectivity index (χ0) is 8.43. The molecule has 0 bridgehead atoms. The Balaban J connectivity index is 3.25. The summed E-state index contributed by atoms with van der Waals surface area (Å²) in [5, 5.41) is 0. The molecular weight excluding hydrogens is 131 g/mol. The molecule has 1 rings (SSSR count). The fourth-order valence-corrected chi connectivity index (χ4v) is 1.77. The Bertz CT molecular complexity index is 241. The van der Waals surface area contributed by atoms with E-state index in [0.717, 1.165) is 7.28 Å². The normalized spacial score (nSPS) is 9.82. The first-order valence-electron chi connectivity index (χ1n) is 4.22. The van der Waals surface area contributed by atoms with E-state index in [1.807, 2.05) is 0 Å². The lowest BCUT2D eigenvalue weighted by Gasteiger charge is -2.07. The summed E-state index contributed by atoms with van der Waals surface area (Å²) in [7, 11) is 1.15. The Morgan fingerprint density at radius 2 is 1.45 bits per heavy atom. The van der Waals surface area contributed by atoms with Gasteiger partial charge in [-0.1, -0.05) is 41.1 Å². The summed E-state index contributed by atoms with van der Waals surface area (Å²) in [6.45, 7) is 8.75. The Kier molecular flexibility index (Phi) is 2.38. The molecule has 0 N–H and O–H groups in total. The van der Waals surface area contributed by atoms with Gasteiger partial charge in [0.15, 0.2) is 7.28 Å². The molecule has 0 aromatic heterocycles. The molecule has 11 heavy (non-hydrogen) atoms. The van der Waals surface area contributed by atoms with Gasteiger partial charge >= 0.3 is 0 Å². The van der Waals surface area contributed by atoms with Crippen LogP contribution >= 0.6 is 0 Å². The molecule has 0 aliphatic rings. The lowest BCUT2D eigenvalue weighted by molar-refractivity contribution is 1.35. The molecule has 0 aliphatic carbocycles. The molecule has 1 aromatic rings. The summed E-state index contributed by atoms with van der Waals surface area (Å²) in [6.07, 6.45) is 0. The molecule has 1 heteroatoms. The molecule has 0 spiro atoms. The van der Waals surface area contributed by atoms with Crippen molar-refractivity contribution in [2.45, 2.75) is 27.6 Å². The van der Waals surface area contributed by atoms with Gasteiger partial charge in [0.05, 0.1) is 0 Å². The second-order valence-corrected chi connectivity index (χ2v) is 3.23. The SMILES string of the molecule is CBc1c(C)cc(C)cc1C. The minimum Gasteiger partial charge on any atom is -0.0849 e. The highest BCUT2D eigenvalue weighted by Gasteiger charge is 2.00. The standard InChI is InChI=1S/C10H15B/c1-7-5-8(2)10(11-4)9(3)6-7/h5-6,11H,1-4H3. The van der Waals surface area contributed by atoms with Gasteiger partial charge in [-0.2, -0.15) is 0 Å². The average molecular weight is 146 g/mol. The van der Waals surface area contributed by atoms with Crippen molar-refractivity contribution < 1.29 is 0 Å². The van der Waals surface area contributed by atoms with Crippen molar-refractivity contribution in [3.63, 3.8) is 0 Å². The van der Waals surface area contributed by atoms with Gasteiger partial charge in [-0.15, -0.1) is 0 Å². The smallest absolute Gasteiger partial charge is 0.0849 e. The molecule has 0 heterocycles. The van der Waals surface area contributed by atoms with Crippen LogP contribution in [0.15, 0.2) is 12.1 Å². The van der Waals surface area contributed by atoms with Crippen LogP contribution in [-0.4, -0.2) is 7.28 Å². The van der Waals surface area contributed by atoms with E-state index in [1.165, 1.54) is 22.2 Å². The van der Waals surface area contributed by atoms with Gasteiger partial charge in [0.1, 0.15) is 0 Å². The summed E-state index contributed by atoms with van der Waals surface area (Å²) >= 11 is 0. The first kappa shape index (κ1) is 8.38. The molecule has 0 saturated carbocycles. The van der Waals surface area contributed by atoms with E-state index in [4.69, 9.17) is 0 Å².